The molecule has 0 aliphatic rings. The van der Waals surface area contributed by atoms with E-state index in [0.29, 0.717) is 0 Å². The van der Waals surface area contributed by atoms with Crippen LogP contribution in [0.5, 0.6) is 5.75 Å². The first kappa shape index (κ1) is 11.7. The van der Waals surface area contributed by atoms with Gasteiger partial charge in [-0.25, -0.2) is 4.39 Å². The van der Waals surface area contributed by atoms with Crippen LogP contribution in [-0.2, 0) is 9.59 Å². The van der Waals surface area contributed by atoms with Gasteiger partial charge in [-0.1, -0.05) is 11.6 Å². The Kier molecular flexibility index (Phi) is 3.80. The van der Waals surface area contributed by atoms with Gasteiger partial charge in [0.1, 0.15) is 11.6 Å². The van der Waals surface area contributed by atoms with Crippen molar-refractivity contribution in [1.29, 1.82) is 0 Å². The first-order chi connectivity index (χ1) is 7.00. The highest BCUT2D eigenvalue weighted by Gasteiger charge is 2.21. The fraction of sp³-hybridized carbons (Fsp3) is 0.200. The van der Waals surface area contributed by atoms with Gasteiger partial charge >= 0.3 is 0 Å². The van der Waals surface area contributed by atoms with Crippen LogP contribution in [0.2, 0.25) is 0 Å². The Bertz CT molecular complexity index is 375. The van der Waals surface area contributed by atoms with Crippen LogP contribution in [0, 0.1) is 5.82 Å². The van der Waals surface area contributed by atoms with Crippen molar-refractivity contribution in [2.75, 3.05) is 0 Å². The summed E-state index contributed by atoms with van der Waals surface area (Å²) in [5.74, 6) is -1.71. The van der Waals surface area contributed by atoms with Crippen molar-refractivity contribution in [3.8, 4) is 5.75 Å². The summed E-state index contributed by atoms with van der Waals surface area (Å²) in [6.45, 7) is 1.10. The second-order valence-electron chi connectivity index (χ2n) is 2.81. The minimum atomic E-state index is -1.37. The number of alkyl halides is 1. The van der Waals surface area contributed by atoms with E-state index in [1.165, 1.54) is 12.1 Å². The molecule has 1 rings (SSSR count). The maximum absolute atomic E-state index is 12.5. The number of ether oxygens (including phenoxy) is 1. The van der Waals surface area contributed by atoms with Gasteiger partial charge in [-0.3, -0.25) is 9.59 Å². The van der Waals surface area contributed by atoms with Gasteiger partial charge in [-0.05, 0) is 24.3 Å². The Hall–Kier alpha value is -1.42. The van der Waals surface area contributed by atoms with Gasteiger partial charge in [0.15, 0.2) is 0 Å². The van der Waals surface area contributed by atoms with Crippen molar-refractivity contribution >= 4 is 23.2 Å². The third-order valence-corrected chi connectivity index (χ3v) is 1.89. The molecule has 0 bridgehead atoms. The van der Waals surface area contributed by atoms with Crippen LogP contribution in [0.15, 0.2) is 24.3 Å². The minimum absolute atomic E-state index is 0.228. The molecule has 0 aliphatic heterocycles. The number of hydrogen-bond donors (Lipinski definition) is 0. The van der Waals surface area contributed by atoms with E-state index in [-0.39, 0.29) is 5.75 Å². The zero-order chi connectivity index (χ0) is 11.4. The number of ketones is 2. The molecule has 0 fully saturated rings. The highest BCUT2D eigenvalue weighted by molar-refractivity contribution is 6.48. The van der Waals surface area contributed by atoms with Gasteiger partial charge in [-0.2, -0.15) is 0 Å². The maximum atomic E-state index is 12.5. The lowest BCUT2D eigenvalue weighted by Crippen LogP contribution is -2.26. The molecule has 0 aromatic heterocycles. The summed E-state index contributed by atoms with van der Waals surface area (Å²) >= 11 is 5.51. The molecular formula is C10H8ClFO3. The molecule has 1 atom stereocenters. The lowest BCUT2D eigenvalue weighted by Gasteiger charge is -2.09. The van der Waals surface area contributed by atoms with E-state index in [2.05, 4.69) is 0 Å². The normalized spacial score (nSPS) is 11.9. The average molecular weight is 231 g/mol. The molecule has 1 unspecified atom stereocenters. The summed E-state index contributed by atoms with van der Waals surface area (Å²) in [5.41, 5.74) is -1.37. The Morgan fingerprint density at radius 1 is 1.33 bits per heavy atom. The predicted octanol–water partition coefficient (Wildman–Crippen LogP) is 1.93. The van der Waals surface area contributed by atoms with E-state index in [0.717, 1.165) is 19.1 Å². The smallest absolute Gasteiger partial charge is 0.253 e. The van der Waals surface area contributed by atoms with Crippen molar-refractivity contribution in [3.63, 3.8) is 0 Å². The van der Waals surface area contributed by atoms with Crippen LogP contribution in [0.1, 0.15) is 6.92 Å². The van der Waals surface area contributed by atoms with Crippen molar-refractivity contribution in [3.05, 3.63) is 30.1 Å². The number of carbonyl (C=O) groups is 2. The molecule has 1 aromatic carbocycles. The molecule has 0 heterocycles. The number of benzene rings is 1. The Balaban J connectivity index is 2.66. The first-order valence-corrected chi connectivity index (χ1v) is 4.55. The predicted molar refractivity (Wildman–Crippen MR) is 52.4 cm³/mol. The molecule has 5 heteroatoms. The molecule has 15 heavy (non-hydrogen) atoms. The molecule has 0 saturated carbocycles. The molecule has 0 amide bonds. The number of carbonyl (C=O) groups excluding carboxylic acids is 2. The largest absolute Gasteiger partial charge is 0.467 e. The molecule has 0 spiro atoms. The lowest BCUT2D eigenvalue weighted by molar-refractivity contribution is -0.137. The van der Waals surface area contributed by atoms with E-state index in [1.54, 1.807) is 0 Å². The quantitative estimate of drug-likeness (QED) is 0.586. The molecular weight excluding hydrogens is 223 g/mol. The van der Waals surface area contributed by atoms with E-state index in [1.807, 2.05) is 0 Å². The van der Waals surface area contributed by atoms with Crippen LogP contribution in [-0.4, -0.2) is 17.1 Å². The first-order valence-electron chi connectivity index (χ1n) is 4.12. The average Bonchev–Trinajstić information content (AvgIpc) is 2.20. The fourth-order valence-electron chi connectivity index (χ4n) is 0.846. The molecule has 1 aromatic rings. The molecule has 0 N–H and O–H groups in total. The number of hydrogen-bond acceptors (Lipinski definition) is 3. The third kappa shape index (κ3) is 3.32. The highest BCUT2D eigenvalue weighted by Crippen LogP contribution is 2.15. The highest BCUT2D eigenvalue weighted by atomic mass is 35.5. The molecule has 0 aliphatic carbocycles. The molecule has 0 saturated heterocycles. The van der Waals surface area contributed by atoms with Crippen LogP contribution in [0.4, 0.5) is 4.39 Å². The van der Waals surface area contributed by atoms with Crippen molar-refractivity contribution < 1.29 is 18.7 Å². The van der Waals surface area contributed by atoms with Gasteiger partial charge in [0.2, 0.25) is 11.3 Å². The van der Waals surface area contributed by atoms with Crippen molar-refractivity contribution in [2.24, 2.45) is 0 Å². The van der Waals surface area contributed by atoms with E-state index >= 15 is 0 Å². The number of Topliss-reactive ketones (excluding diaryl/α,β-unsaturated/α-hetero) is 2. The van der Waals surface area contributed by atoms with Crippen molar-refractivity contribution in [1.82, 2.24) is 0 Å². The maximum Gasteiger partial charge on any atom is 0.253 e. The molecule has 3 nitrogen and oxygen atoms in total. The third-order valence-electron chi connectivity index (χ3n) is 1.61. The van der Waals surface area contributed by atoms with Crippen LogP contribution >= 0.6 is 11.6 Å². The molecule has 80 valence electrons. The van der Waals surface area contributed by atoms with E-state index < -0.39 is 22.9 Å². The molecule has 0 radical (unpaired) electrons. The van der Waals surface area contributed by atoms with Gasteiger partial charge in [0.05, 0.1) is 0 Å². The van der Waals surface area contributed by atoms with Gasteiger partial charge in [0, 0.05) is 6.92 Å². The Morgan fingerprint density at radius 3 is 2.33 bits per heavy atom. The van der Waals surface area contributed by atoms with Gasteiger partial charge in [-0.15, -0.1) is 0 Å². The lowest BCUT2D eigenvalue weighted by atomic mass is 10.3. The van der Waals surface area contributed by atoms with Gasteiger partial charge in [0.25, 0.3) is 5.78 Å². The SMILES string of the molecule is CC(=O)C(=O)C(Cl)Oc1ccc(F)cc1. The van der Waals surface area contributed by atoms with Crippen LogP contribution in [0.25, 0.3) is 0 Å². The van der Waals surface area contributed by atoms with Gasteiger partial charge < -0.3 is 4.74 Å². The summed E-state index contributed by atoms with van der Waals surface area (Å²) in [4.78, 5) is 21.7. The topological polar surface area (TPSA) is 43.4 Å². The second-order valence-corrected chi connectivity index (χ2v) is 3.20. The van der Waals surface area contributed by atoms with Crippen LogP contribution in [0.3, 0.4) is 0 Å². The summed E-state index contributed by atoms with van der Waals surface area (Å²) in [7, 11) is 0. The monoisotopic (exact) mass is 230 g/mol. The standard InChI is InChI=1S/C10H8ClFO3/c1-6(13)9(14)10(11)15-8-4-2-7(12)3-5-8/h2-5,10H,1H3. The fourth-order valence-corrected chi connectivity index (χ4v) is 1.10. The van der Waals surface area contributed by atoms with E-state index in [4.69, 9.17) is 16.3 Å². The van der Waals surface area contributed by atoms with E-state index in [9.17, 15) is 14.0 Å². The summed E-state index contributed by atoms with van der Waals surface area (Å²) in [6.07, 6.45) is 0. The summed E-state index contributed by atoms with van der Waals surface area (Å²) < 4.78 is 17.4. The Labute approximate surface area is 90.8 Å². The second kappa shape index (κ2) is 4.89. The minimum Gasteiger partial charge on any atom is -0.467 e. The van der Waals surface area contributed by atoms with Crippen LogP contribution < -0.4 is 4.74 Å². The van der Waals surface area contributed by atoms with Crippen molar-refractivity contribution in [2.45, 2.75) is 12.5 Å². The zero-order valence-corrected chi connectivity index (χ0v) is 8.62. The zero-order valence-electron chi connectivity index (χ0n) is 7.87. The Morgan fingerprint density at radius 2 is 1.87 bits per heavy atom. The summed E-state index contributed by atoms with van der Waals surface area (Å²) in [6, 6.07) is 4.96. The summed E-state index contributed by atoms with van der Waals surface area (Å²) in [5, 5.41) is 0. The number of halogens is 2. The number of rotatable bonds is 4.